The van der Waals surface area contributed by atoms with Gasteiger partial charge in [0.1, 0.15) is 0 Å². The summed E-state index contributed by atoms with van der Waals surface area (Å²) in [6.45, 7) is 0. The number of benzene rings is 3. The molecule has 7 rings (SSSR count). The van der Waals surface area contributed by atoms with Crippen LogP contribution in [0.1, 0.15) is 44.1 Å². The van der Waals surface area contributed by atoms with Gasteiger partial charge in [0.2, 0.25) is 5.91 Å². The van der Waals surface area contributed by atoms with E-state index >= 15 is 0 Å². The third kappa shape index (κ3) is 2.78. The highest BCUT2D eigenvalue weighted by Gasteiger charge is 2.54. The number of fused-ring (bicyclic) bond motifs is 2. The third-order valence-electron chi connectivity index (χ3n) is 7.69. The molecule has 0 atom stereocenters. The van der Waals surface area contributed by atoms with Crippen molar-refractivity contribution in [2.45, 2.75) is 38.5 Å². The van der Waals surface area contributed by atoms with Gasteiger partial charge in [0, 0.05) is 5.56 Å². The molecule has 4 bridgehead atoms. The van der Waals surface area contributed by atoms with Gasteiger partial charge in [-0.3, -0.25) is 4.79 Å². The molecule has 3 heteroatoms. The van der Waals surface area contributed by atoms with Crippen LogP contribution >= 0.6 is 0 Å². The first-order valence-electron chi connectivity index (χ1n) is 10.9. The van der Waals surface area contributed by atoms with Crippen molar-refractivity contribution < 1.29 is 4.79 Å². The molecule has 29 heavy (non-hydrogen) atoms. The van der Waals surface area contributed by atoms with Crippen LogP contribution in [-0.2, 0) is 4.79 Å². The van der Waals surface area contributed by atoms with Crippen molar-refractivity contribution >= 4 is 33.7 Å². The summed E-state index contributed by atoms with van der Waals surface area (Å²) in [5.74, 6) is 2.44. The second kappa shape index (κ2) is 6.41. The summed E-state index contributed by atoms with van der Waals surface area (Å²) in [6.07, 6.45) is 9.09. The van der Waals surface area contributed by atoms with Crippen LogP contribution in [0.4, 0.5) is 0 Å². The Kier molecular flexibility index (Phi) is 3.80. The number of carbonyl (C=O) groups excluding carboxylic acids is 1. The minimum Gasteiger partial charge on any atom is -0.273 e. The molecule has 1 amide bonds. The lowest BCUT2D eigenvalue weighted by atomic mass is 9.49. The highest BCUT2D eigenvalue weighted by atomic mass is 16.2. The predicted octanol–water partition coefficient (Wildman–Crippen LogP) is 5.66. The molecule has 4 saturated carbocycles. The van der Waals surface area contributed by atoms with E-state index in [1.807, 2.05) is 6.21 Å². The fourth-order valence-corrected chi connectivity index (χ4v) is 6.85. The number of hydrogen-bond acceptors (Lipinski definition) is 2. The lowest BCUT2D eigenvalue weighted by molar-refractivity contribution is -0.146. The van der Waals surface area contributed by atoms with E-state index in [9.17, 15) is 4.79 Å². The summed E-state index contributed by atoms with van der Waals surface area (Å²) >= 11 is 0. The zero-order valence-corrected chi connectivity index (χ0v) is 16.6. The number of rotatable bonds is 3. The number of hydrazone groups is 1. The van der Waals surface area contributed by atoms with E-state index < -0.39 is 0 Å². The molecule has 3 aromatic carbocycles. The molecule has 3 aromatic rings. The summed E-state index contributed by atoms with van der Waals surface area (Å²) in [7, 11) is 0. The number of amides is 1. The van der Waals surface area contributed by atoms with Crippen molar-refractivity contribution in [2.75, 3.05) is 0 Å². The first kappa shape index (κ1) is 17.2. The SMILES string of the molecule is O=C(N/N=C/c1c2ccccc2cc2ccccc12)C12CC3CC(CC(C3)C1)C2. The van der Waals surface area contributed by atoms with Crippen LogP contribution in [-0.4, -0.2) is 12.1 Å². The molecule has 4 fully saturated rings. The Labute approximate surface area is 171 Å². The summed E-state index contributed by atoms with van der Waals surface area (Å²) in [4.78, 5) is 13.2. The van der Waals surface area contributed by atoms with Crippen LogP contribution in [0.25, 0.3) is 21.5 Å². The molecule has 4 aliphatic rings. The Morgan fingerprint density at radius 2 is 1.38 bits per heavy atom. The molecule has 0 unspecified atom stereocenters. The second-order valence-electron chi connectivity index (χ2n) is 9.63. The minimum absolute atomic E-state index is 0.150. The Hall–Kier alpha value is -2.68. The Morgan fingerprint density at radius 3 is 1.93 bits per heavy atom. The standard InChI is InChI=1S/C26H26N2O/c29-25(26-13-17-9-18(14-26)11-19(10-17)15-26)28-27-16-24-22-7-3-1-5-20(22)12-21-6-2-4-8-23(21)24/h1-8,12,16-19H,9-11,13-15H2,(H,28,29)/b27-16+. The van der Waals surface area contributed by atoms with Crippen LogP contribution < -0.4 is 5.43 Å². The molecule has 0 radical (unpaired) electrons. The van der Waals surface area contributed by atoms with Crippen molar-refractivity contribution in [3.05, 3.63) is 60.2 Å². The van der Waals surface area contributed by atoms with Crippen molar-refractivity contribution in [1.82, 2.24) is 5.43 Å². The van der Waals surface area contributed by atoms with Crippen LogP contribution in [0.3, 0.4) is 0 Å². The highest BCUT2D eigenvalue weighted by molar-refractivity contribution is 6.13. The maximum Gasteiger partial charge on any atom is 0.246 e. The maximum atomic E-state index is 13.2. The first-order chi connectivity index (χ1) is 14.2. The largest absolute Gasteiger partial charge is 0.273 e. The van der Waals surface area contributed by atoms with Gasteiger partial charge in [-0.15, -0.1) is 0 Å². The van der Waals surface area contributed by atoms with Crippen LogP contribution in [0.2, 0.25) is 0 Å². The number of hydrogen-bond donors (Lipinski definition) is 1. The zero-order valence-electron chi connectivity index (χ0n) is 16.6. The van der Waals surface area contributed by atoms with Gasteiger partial charge in [-0.05, 0) is 83.9 Å². The fraction of sp³-hybridized carbons (Fsp3) is 0.385. The normalized spacial score (nSPS) is 30.4. The number of nitrogens with zero attached hydrogens (tertiary/aromatic N) is 1. The van der Waals surface area contributed by atoms with Gasteiger partial charge >= 0.3 is 0 Å². The van der Waals surface area contributed by atoms with Gasteiger partial charge in [0.25, 0.3) is 0 Å². The minimum atomic E-state index is -0.160. The monoisotopic (exact) mass is 382 g/mol. The Morgan fingerprint density at radius 1 is 0.862 bits per heavy atom. The van der Waals surface area contributed by atoms with E-state index in [0.717, 1.165) is 42.6 Å². The molecule has 0 heterocycles. The Balaban J connectivity index is 1.32. The van der Waals surface area contributed by atoms with E-state index in [4.69, 9.17) is 0 Å². The predicted molar refractivity (Wildman–Crippen MR) is 118 cm³/mol. The van der Waals surface area contributed by atoms with E-state index in [1.165, 1.54) is 40.8 Å². The van der Waals surface area contributed by atoms with E-state index in [2.05, 4.69) is 65.1 Å². The van der Waals surface area contributed by atoms with Crippen LogP contribution in [0, 0.1) is 23.2 Å². The molecule has 3 nitrogen and oxygen atoms in total. The van der Waals surface area contributed by atoms with Crippen molar-refractivity contribution in [2.24, 2.45) is 28.3 Å². The van der Waals surface area contributed by atoms with Gasteiger partial charge in [0.05, 0.1) is 11.6 Å². The third-order valence-corrected chi connectivity index (χ3v) is 7.69. The van der Waals surface area contributed by atoms with E-state index in [1.54, 1.807) is 0 Å². The average molecular weight is 383 g/mol. The molecular formula is C26H26N2O. The maximum absolute atomic E-state index is 13.2. The molecule has 0 aliphatic heterocycles. The van der Waals surface area contributed by atoms with Crippen LogP contribution in [0.5, 0.6) is 0 Å². The summed E-state index contributed by atoms with van der Waals surface area (Å²) in [5.41, 5.74) is 3.86. The highest BCUT2D eigenvalue weighted by Crippen LogP contribution is 2.60. The number of nitrogens with one attached hydrogen (secondary N) is 1. The Bertz CT molecular complexity index is 1060. The van der Waals surface area contributed by atoms with Crippen molar-refractivity contribution in [1.29, 1.82) is 0 Å². The second-order valence-corrected chi connectivity index (χ2v) is 9.63. The van der Waals surface area contributed by atoms with Gasteiger partial charge in [0.15, 0.2) is 0 Å². The van der Waals surface area contributed by atoms with E-state index in [0.29, 0.717) is 0 Å². The molecule has 1 N–H and O–H groups in total. The van der Waals surface area contributed by atoms with Gasteiger partial charge < -0.3 is 0 Å². The molecular weight excluding hydrogens is 356 g/mol. The smallest absolute Gasteiger partial charge is 0.246 e. The molecule has 0 saturated heterocycles. The number of carbonyl (C=O) groups is 1. The topological polar surface area (TPSA) is 41.5 Å². The van der Waals surface area contributed by atoms with Crippen LogP contribution in [0.15, 0.2) is 59.7 Å². The molecule has 0 aromatic heterocycles. The lowest BCUT2D eigenvalue weighted by Crippen LogP contribution is -2.52. The lowest BCUT2D eigenvalue weighted by Gasteiger charge is -2.55. The summed E-state index contributed by atoms with van der Waals surface area (Å²) in [6, 6.07) is 19.0. The quantitative estimate of drug-likeness (QED) is 0.354. The van der Waals surface area contributed by atoms with Gasteiger partial charge in [-0.1, -0.05) is 48.5 Å². The molecule has 0 spiro atoms. The van der Waals surface area contributed by atoms with E-state index in [-0.39, 0.29) is 11.3 Å². The zero-order chi connectivity index (χ0) is 19.4. The fourth-order valence-electron chi connectivity index (χ4n) is 6.85. The first-order valence-corrected chi connectivity index (χ1v) is 10.9. The molecule has 4 aliphatic carbocycles. The average Bonchev–Trinajstić information content (AvgIpc) is 2.72. The van der Waals surface area contributed by atoms with Gasteiger partial charge in [-0.25, -0.2) is 5.43 Å². The summed E-state index contributed by atoms with van der Waals surface area (Å²) < 4.78 is 0. The van der Waals surface area contributed by atoms with Gasteiger partial charge in [-0.2, -0.15) is 5.10 Å². The molecule has 146 valence electrons. The van der Waals surface area contributed by atoms with Crippen molar-refractivity contribution in [3.8, 4) is 0 Å². The summed E-state index contributed by atoms with van der Waals surface area (Å²) in [5, 5.41) is 9.19. The van der Waals surface area contributed by atoms with Crippen molar-refractivity contribution in [3.63, 3.8) is 0 Å².